The molecule has 102 valence electrons. The lowest BCUT2D eigenvalue weighted by atomic mass is 9.88. The van der Waals surface area contributed by atoms with Gasteiger partial charge < -0.3 is 14.4 Å². The van der Waals surface area contributed by atoms with Gasteiger partial charge in [0.15, 0.2) is 0 Å². The van der Waals surface area contributed by atoms with Crippen molar-refractivity contribution in [1.82, 2.24) is 10.1 Å². The molecule has 3 atom stereocenters. The van der Waals surface area contributed by atoms with E-state index >= 15 is 0 Å². The van der Waals surface area contributed by atoms with Crippen molar-refractivity contribution >= 4 is 11.8 Å². The highest BCUT2D eigenvalue weighted by atomic mass is 32.2. The molecule has 1 aliphatic rings. The van der Waals surface area contributed by atoms with Gasteiger partial charge in [-0.05, 0) is 5.41 Å². The molecular weight excluding hydrogens is 252 g/mol. The van der Waals surface area contributed by atoms with Crippen LogP contribution in [0.3, 0.4) is 0 Å². The molecule has 1 saturated heterocycles. The Morgan fingerprint density at radius 1 is 1.44 bits per heavy atom. The van der Waals surface area contributed by atoms with Crippen molar-refractivity contribution in [2.45, 2.75) is 38.9 Å². The third kappa shape index (κ3) is 2.70. The van der Waals surface area contributed by atoms with E-state index in [4.69, 9.17) is 9.26 Å². The van der Waals surface area contributed by atoms with Crippen molar-refractivity contribution in [3.05, 3.63) is 11.7 Å². The Balaban J connectivity index is 2.19. The predicted octanol–water partition coefficient (Wildman–Crippen LogP) is 1.99. The highest BCUT2D eigenvalue weighted by molar-refractivity contribution is 7.99. The normalized spacial score (nSPS) is 26.5. The number of thioether (sulfide) groups is 1. The Morgan fingerprint density at radius 2 is 2.17 bits per heavy atom. The summed E-state index contributed by atoms with van der Waals surface area (Å²) in [4.78, 5) is 4.40. The number of ether oxygens (including phenoxy) is 1. The summed E-state index contributed by atoms with van der Waals surface area (Å²) in [6.45, 7) is 6.20. The Kier molecular flexibility index (Phi) is 3.99. The number of methoxy groups -OCH3 is 1. The van der Waals surface area contributed by atoms with Crippen LogP contribution in [0.25, 0.3) is 0 Å². The number of aliphatic hydroxyl groups excluding tert-OH is 1. The summed E-state index contributed by atoms with van der Waals surface area (Å²) in [5.41, 5.74) is -0.0983. The lowest BCUT2D eigenvalue weighted by Crippen LogP contribution is -2.21. The molecule has 6 heteroatoms. The van der Waals surface area contributed by atoms with Gasteiger partial charge in [-0.15, -0.1) is 0 Å². The second-order valence-corrected chi connectivity index (χ2v) is 6.76. The molecule has 3 unspecified atom stereocenters. The summed E-state index contributed by atoms with van der Waals surface area (Å²) < 4.78 is 10.7. The first-order valence-electron chi connectivity index (χ1n) is 6.05. The van der Waals surface area contributed by atoms with Crippen molar-refractivity contribution in [2.24, 2.45) is 5.41 Å². The average Bonchev–Trinajstić information content (AvgIpc) is 2.85. The molecule has 0 bridgehead atoms. The van der Waals surface area contributed by atoms with E-state index in [-0.39, 0.29) is 23.5 Å². The fraction of sp³-hybridized carbons (Fsp3) is 0.833. The minimum atomic E-state index is -0.390. The van der Waals surface area contributed by atoms with Crippen molar-refractivity contribution in [3.8, 4) is 0 Å². The summed E-state index contributed by atoms with van der Waals surface area (Å²) in [5.74, 6) is 2.59. The average molecular weight is 272 g/mol. The minimum absolute atomic E-state index is 0.0475. The first-order chi connectivity index (χ1) is 8.43. The molecule has 2 rings (SSSR count). The predicted molar refractivity (Wildman–Crippen MR) is 69.6 cm³/mol. The van der Waals surface area contributed by atoms with Crippen LogP contribution in [0.2, 0.25) is 0 Å². The fourth-order valence-electron chi connectivity index (χ4n) is 2.13. The van der Waals surface area contributed by atoms with Gasteiger partial charge in [-0.3, -0.25) is 0 Å². The van der Waals surface area contributed by atoms with Gasteiger partial charge in [-0.25, -0.2) is 0 Å². The third-order valence-electron chi connectivity index (χ3n) is 3.08. The Bertz CT molecular complexity index is 402. The molecule has 18 heavy (non-hydrogen) atoms. The van der Waals surface area contributed by atoms with Gasteiger partial charge in [0, 0.05) is 18.6 Å². The second kappa shape index (κ2) is 5.19. The molecule has 0 amide bonds. The monoisotopic (exact) mass is 272 g/mol. The summed E-state index contributed by atoms with van der Waals surface area (Å²) >= 11 is 1.71. The highest BCUT2D eigenvalue weighted by Gasteiger charge is 2.35. The van der Waals surface area contributed by atoms with E-state index in [1.165, 1.54) is 0 Å². The summed E-state index contributed by atoms with van der Waals surface area (Å²) in [6, 6.07) is 0. The standard InChI is InChI=1S/C12H20N2O3S/c1-12(2,3)9(16-4)10-13-11(17-14-10)7-5-18-6-8(7)15/h7-9,15H,5-6H2,1-4H3. The first kappa shape index (κ1) is 13.8. The maximum Gasteiger partial charge on any atom is 0.233 e. The molecule has 0 saturated carbocycles. The van der Waals surface area contributed by atoms with Crippen LogP contribution in [0, 0.1) is 5.41 Å². The first-order valence-corrected chi connectivity index (χ1v) is 7.21. The van der Waals surface area contributed by atoms with E-state index in [9.17, 15) is 5.11 Å². The largest absolute Gasteiger partial charge is 0.391 e. The quantitative estimate of drug-likeness (QED) is 0.907. The maximum absolute atomic E-state index is 9.83. The Hall–Kier alpha value is -0.590. The number of hydrogen-bond donors (Lipinski definition) is 1. The molecule has 0 aliphatic carbocycles. The number of rotatable bonds is 3. The maximum atomic E-state index is 9.83. The van der Waals surface area contributed by atoms with Gasteiger partial charge >= 0.3 is 0 Å². The molecule has 1 aliphatic heterocycles. The molecule has 1 fully saturated rings. The molecule has 0 radical (unpaired) electrons. The van der Waals surface area contributed by atoms with E-state index in [2.05, 4.69) is 30.9 Å². The zero-order valence-corrected chi connectivity index (χ0v) is 12.0. The van der Waals surface area contributed by atoms with Crippen LogP contribution in [-0.4, -0.2) is 40.0 Å². The van der Waals surface area contributed by atoms with E-state index in [0.29, 0.717) is 11.7 Å². The minimum Gasteiger partial charge on any atom is -0.391 e. The van der Waals surface area contributed by atoms with Gasteiger partial charge in [0.05, 0.1) is 12.0 Å². The summed E-state index contributed by atoms with van der Waals surface area (Å²) in [5, 5.41) is 13.8. The zero-order chi connectivity index (χ0) is 13.3. The van der Waals surface area contributed by atoms with Gasteiger partial charge in [0.25, 0.3) is 0 Å². The van der Waals surface area contributed by atoms with E-state index in [0.717, 1.165) is 11.5 Å². The van der Waals surface area contributed by atoms with E-state index in [1.54, 1.807) is 18.9 Å². The molecule has 1 aromatic rings. The van der Waals surface area contributed by atoms with Crippen molar-refractivity contribution in [1.29, 1.82) is 0 Å². The SMILES string of the molecule is COC(c1noc(C2CSCC2O)n1)C(C)(C)C. The third-order valence-corrected chi connectivity index (χ3v) is 4.25. The van der Waals surface area contributed by atoms with Crippen molar-refractivity contribution in [2.75, 3.05) is 18.6 Å². The molecular formula is C12H20N2O3S. The smallest absolute Gasteiger partial charge is 0.233 e. The highest BCUT2D eigenvalue weighted by Crippen LogP contribution is 2.36. The number of hydrogen-bond acceptors (Lipinski definition) is 6. The molecule has 5 nitrogen and oxygen atoms in total. The van der Waals surface area contributed by atoms with Crippen molar-refractivity contribution in [3.63, 3.8) is 0 Å². The zero-order valence-electron chi connectivity index (χ0n) is 11.2. The lowest BCUT2D eigenvalue weighted by molar-refractivity contribution is 0.00718. The molecule has 1 N–H and O–H groups in total. The van der Waals surface area contributed by atoms with Crippen molar-refractivity contribution < 1.29 is 14.4 Å². The number of nitrogens with zero attached hydrogens (tertiary/aromatic N) is 2. The molecule has 0 spiro atoms. The van der Waals surface area contributed by atoms with Crippen LogP contribution in [0.4, 0.5) is 0 Å². The van der Waals surface area contributed by atoms with E-state index < -0.39 is 0 Å². The van der Waals surface area contributed by atoms with Gasteiger partial charge in [-0.2, -0.15) is 16.7 Å². The van der Waals surface area contributed by atoms with Gasteiger partial charge in [0.1, 0.15) is 6.10 Å². The second-order valence-electron chi connectivity index (χ2n) is 5.68. The van der Waals surface area contributed by atoms with Gasteiger partial charge in [0.2, 0.25) is 11.7 Å². The summed E-state index contributed by atoms with van der Waals surface area (Å²) in [6.07, 6.45) is -0.597. The topological polar surface area (TPSA) is 68.4 Å². The molecule has 2 heterocycles. The van der Waals surface area contributed by atoms with Crippen LogP contribution < -0.4 is 0 Å². The van der Waals surface area contributed by atoms with Gasteiger partial charge in [-0.1, -0.05) is 25.9 Å². The summed E-state index contributed by atoms with van der Waals surface area (Å²) in [7, 11) is 1.65. The Labute approximate surface area is 111 Å². The van der Waals surface area contributed by atoms with Crippen LogP contribution >= 0.6 is 11.8 Å². The van der Waals surface area contributed by atoms with Crippen LogP contribution in [0.5, 0.6) is 0 Å². The van der Waals surface area contributed by atoms with E-state index in [1.807, 2.05) is 0 Å². The number of aliphatic hydroxyl groups is 1. The van der Waals surface area contributed by atoms with Crippen LogP contribution in [0.15, 0.2) is 4.52 Å². The number of aromatic nitrogens is 2. The van der Waals surface area contributed by atoms with Crippen LogP contribution in [0.1, 0.15) is 44.5 Å². The fourth-order valence-corrected chi connectivity index (χ4v) is 3.36. The Morgan fingerprint density at radius 3 is 2.67 bits per heavy atom. The lowest BCUT2D eigenvalue weighted by Gasteiger charge is -2.26. The van der Waals surface area contributed by atoms with Crippen LogP contribution in [-0.2, 0) is 4.74 Å². The molecule has 0 aromatic carbocycles. The molecule has 1 aromatic heterocycles.